The van der Waals surface area contributed by atoms with Gasteiger partial charge in [-0.25, -0.2) is 4.68 Å². The highest BCUT2D eigenvalue weighted by molar-refractivity contribution is 5.93. The molecule has 3 rings (SSSR count). The van der Waals surface area contributed by atoms with Crippen molar-refractivity contribution in [3.63, 3.8) is 0 Å². The number of nitrogens with one attached hydrogen (secondary N) is 1. The van der Waals surface area contributed by atoms with Gasteiger partial charge < -0.3 is 5.32 Å². The fourth-order valence-electron chi connectivity index (χ4n) is 2.38. The number of amides is 1. The monoisotopic (exact) mass is 320 g/mol. The van der Waals surface area contributed by atoms with Crippen LogP contribution >= 0.6 is 0 Å². The van der Waals surface area contributed by atoms with Crippen LogP contribution < -0.4 is 5.32 Å². The number of carbonyl (C=O) groups is 1. The van der Waals surface area contributed by atoms with Crippen molar-refractivity contribution in [1.29, 1.82) is 0 Å². The molecular formula is C19H20N4O. The number of carbonyl (C=O) groups excluding carboxylic acids is 1. The van der Waals surface area contributed by atoms with Crippen LogP contribution in [0.3, 0.4) is 0 Å². The van der Waals surface area contributed by atoms with E-state index in [0.29, 0.717) is 5.69 Å². The molecule has 1 N–H and O–H groups in total. The first-order chi connectivity index (χ1) is 11.7. The lowest BCUT2D eigenvalue weighted by Crippen LogP contribution is -2.32. The topological polar surface area (TPSA) is 59.8 Å². The van der Waals surface area contributed by atoms with Gasteiger partial charge >= 0.3 is 0 Å². The van der Waals surface area contributed by atoms with E-state index in [1.165, 1.54) is 0 Å². The highest BCUT2D eigenvalue weighted by Crippen LogP contribution is 2.23. The minimum atomic E-state index is -0.163. The van der Waals surface area contributed by atoms with Crippen LogP contribution in [0.25, 0.3) is 16.9 Å². The van der Waals surface area contributed by atoms with E-state index >= 15 is 0 Å². The Morgan fingerprint density at radius 1 is 1.21 bits per heavy atom. The molecule has 0 radical (unpaired) electrons. The van der Waals surface area contributed by atoms with Gasteiger partial charge in [-0.3, -0.25) is 9.78 Å². The summed E-state index contributed by atoms with van der Waals surface area (Å²) in [6.07, 6.45) is 4.37. The molecule has 0 bridgehead atoms. The molecule has 0 fully saturated rings. The van der Waals surface area contributed by atoms with Crippen molar-refractivity contribution < 1.29 is 4.79 Å². The van der Waals surface area contributed by atoms with Gasteiger partial charge in [-0.2, -0.15) is 5.10 Å². The number of pyridine rings is 1. The Morgan fingerprint density at radius 2 is 2.00 bits per heavy atom. The molecule has 0 saturated heterocycles. The third-order valence-corrected chi connectivity index (χ3v) is 3.89. The van der Waals surface area contributed by atoms with Gasteiger partial charge in [-0.15, -0.1) is 0 Å². The molecule has 0 aliphatic carbocycles. The number of hydrogen-bond donors (Lipinski definition) is 1. The minimum Gasteiger partial charge on any atom is -0.348 e. The van der Waals surface area contributed by atoms with E-state index in [2.05, 4.69) is 15.4 Å². The smallest absolute Gasteiger partial charge is 0.272 e. The van der Waals surface area contributed by atoms with Crippen molar-refractivity contribution in [1.82, 2.24) is 20.1 Å². The molecule has 0 spiro atoms. The second-order valence-corrected chi connectivity index (χ2v) is 5.69. The first kappa shape index (κ1) is 15.9. The molecule has 122 valence electrons. The van der Waals surface area contributed by atoms with Gasteiger partial charge in [0.15, 0.2) is 5.69 Å². The maximum Gasteiger partial charge on any atom is 0.272 e. The molecule has 0 saturated carbocycles. The first-order valence-corrected chi connectivity index (χ1v) is 8.05. The molecule has 1 amide bonds. The maximum atomic E-state index is 12.4. The Kier molecular flexibility index (Phi) is 4.70. The van der Waals surface area contributed by atoms with Gasteiger partial charge in [0.1, 0.15) is 0 Å². The van der Waals surface area contributed by atoms with Crippen molar-refractivity contribution in [2.24, 2.45) is 0 Å². The number of hydrogen-bond acceptors (Lipinski definition) is 3. The highest BCUT2D eigenvalue weighted by Gasteiger charge is 2.17. The molecule has 0 aliphatic heterocycles. The molecule has 2 aromatic heterocycles. The maximum absolute atomic E-state index is 12.4. The molecular weight excluding hydrogens is 300 g/mol. The van der Waals surface area contributed by atoms with Crippen molar-refractivity contribution in [3.8, 4) is 16.9 Å². The third-order valence-electron chi connectivity index (χ3n) is 3.89. The van der Waals surface area contributed by atoms with Crippen molar-refractivity contribution in [3.05, 3.63) is 66.6 Å². The van der Waals surface area contributed by atoms with E-state index in [0.717, 1.165) is 23.4 Å². The Labute approximate surface area is 141 Å². The summed E-state index contributed by atoms with van der Waals surface area (Å²) in [5.41, 5.74) is 3.05. The second-order valence-electron chi connectivity index (χ2n) is 5.69. The standard InChI is InChI=1S/C19H20N4O/c1-3-14(2)21-19(24)17-12-18(15-8-7-11-20-13-15)23(22-17)16-9-5-4-6-10-16/h4-14H,3H2,1-2H3,(H,21,24)/t14-/m0/s1. The Bertz CT molecular complexity index is 755. The Morgan fingerprint density at radius 3 is 2.67 bits per heavy atom. The average molecular weight is 320 g/mol. The van der Waals surface area contributed by atoms with Crippen LogP contribution in [0.15, 0.2) is 60.9 Å². The second kappa shape index (κ2) is 7.08. The predicted molar refractivity (Wildman–Crippen MR) is 94.0 cm³/mol. The summed E-state index contributed by atoms with van der Waals surface area (Å²) in [4.78, 5) is 16.6. The van der Waals surface area contributed by atoms with Gasteiger partial charge in [0.2, 0.25) is 0 Å². The van der Waals surface area contributed by atoms with Crippen LogP contribution in [-0.4, -0.2) is 26.7 Å². The zero-order chi connectivity index (χ0) is 16.9. The zero-order valence-electron chi connectivity index (χ0n) is 13.8. The van der Waals surface area contributed by atoms with Gasteiger partial charge in [0.05, 0.1) is 11.4 Å². The van der Waals surface area contributed by atoms with Crippen molar-refractivity contribution >= 4 is 5.91 Å². The number of benzene rings is 1. The van der Waals surface area contributed by atoms with Crippen LogP contribution in [-0.2, 0) is 0 Å². The lowest BCUT2D eigenvalue weighted by Gasteiger charge is -2.09. The van der Waals surface area contributed by atoms with E-state index in [1.54, 1.807) is 17.1 Å². The molecule has 1 aromatic carbocycles. The van der Waals surface area contributed by atoms with Crippen LogP contribution in [0.4, 0.5) is 0 Å². The number of rotatable bonds is 5. The minimum absolute atomic E-state index is 0.112. The summed E-state index contributed by atoms with van der Waals surface area (Å²) in [6.45, 7) is 4.02. The van der Waals surface area contributed by atoms with Gasteiger partial charge in [-0.05, 0) is 43.7 Å². The quantitative estimate of drug-likeness (QED) is 0.783. The Balaban J connectivity index is 2.05. The zero-order valence-corrected chi connectivity index (χ0v) is 13.8. The van der Waals surface area contributed by atoms with E-state index in [9.17, 15) is 4.79 Å². The molecule has 24 heavy (non-hydrogen) atoms. The molecule has 1 atom stereocenters. The molecule has 3 aromatic rings. The van der Waals surface area contributed by atoms with Gasteiger partial charge in [-0.1, -0.05) is 25.1 Å². The molecule has 5 heteroatoms. The predicted octanol–water partition coefficient (Wildman–Crippen LogP) is 3.46. The summed E-state index contributed by atoms with van der Waals surface area (Å²) >= 11 is 0. The molecule has 0 unspecified atom stereocenters. The summed E-state index contributed by atoms with van der Waals surface area (Å²) in [5, 5.41) is 7.48. The van der Waals surface area contributed by atoms with E-state index in [1.807, 2.05) is 62.4 Å². The summed E-state index contributed by atoms with van der Waals surface area (Å²) in [7, 11) is 0. The third kappa shape index (κ3) is 3.35. The SMILES string of the molecule is CC[C@H](C)NC(=O)c1cc(-c2cccnc2)n(-c2ccccc2)n1. The molecule has 5 nitrogen and oxygen atoms in total. The van der Waals surface area contributed by atoms with Crippen LogP contribution in [0.1, 0.15) is 30.8 Å². The Hall–Kier alpha value is -2.95. The fraction of sp³-hybridized carbons (Fsp3) is 0.211. The van der Waals surface area contributed by atoms with E-state index in [4.69, 9.17) is 0 Å². The summed E-state index contributed by atoms with van der Waals surface area (Å²) < 4.78 is 1.78. The van der Waals surface area contributed by atoms with Gasteiger partial charge in [0.25, 0.3) is 5.91 Å². The van der Waals surface area contributed by atoms with Crippen LogP contribution in [0, 0.1) is 0 Å². The normalized spacial score (nSPS) is 11.9. The number of nitrogens with zero attached hydrogens (tertiary/aromatic N) is 3. The van der Waals surface area contributed by atoms with Gasteiger partial charge in [0, 0.05) is 24.0 Å². The van der Waals surface area contributed by atoms with Crippen molar-refractivity contribution in [2.75, 3.05) is 0 Å². The molecule has 2 heterocycles. The van der Waals surface area contributed by atoms with Crippen LogP contribution in [0.2, 0.25) is 0 Å². The fourth-order valence-corrected chi connectivity index (χ4v) is 2.38. The lowest BCUT2D eigenvalue weighted by molar-refractivity contribution is 0.0934. The molecule has 0 aliphatic rings. The van der Waals surface area contributed by atoms with Crippen LogP contribution in [0.5, 0.6) is 0 Å². The summed E-state index contributed by atoms with van der Waals surface area (Å²) in [5.74, 6) is -0.163. The number of aromatic nitrogens is 3. The van der Waals surface area contributed by atoms with E-state index < -0.39 is 0 Å². The number of para-hydroxylation sites is 1. The average Bonchev–Trinajstić information content (AvgIpc) is 3.08. The largest absolute Gasteiger partial charge is 0.348 e. The summed E-state index contributed by atoms with van der Waals surface area (Å²) in [6, 6.07) is 15.5. The lowest BCUT2D eigenvalue weighted by atomic mass is 10.2. The first-order valence-electron chi connectivity index (χ1n) is 8.05. The van der Waals surface area contributed by atoms with E-state index in [-0.39, 0.29) is 11.9 Å². The highest BCUT2D eigenvalue weighted by atomic mass is 16.2. The van der Waals surface area contributed by atoms with Crippen molar-refractivity contribution in [2.45, 2.75) is 26.3 Å².